The number of fused-ring (bicyclic) bond motifs is 2. The topological polar surface area (TPSA) is 106 Å². The summed E-state index contributed by atoms with van der Waals surface area (Å²) < 4.78 is 21.8. The molecule has 3 aromatic heterocycles. The van der Waals surface area contributed by atoms with E-state index >= 15 is 0 Å². The molecule has 9 nitrogen and oxygen atoms in total. The Balaban J connectivity index is 1.56. The lowest BCUT2D eigenvalue weighted by Crippen LogP contribution is -2.44. The second kappa shape index (κ2) is 7.84. The number of amides is 1. The Morgan fingerprint density at radius 3 is 2.62 bits per heavy atom. The van der Waals surface area contributed by atoms with Gasteiger partial charge in [-0.1, -0.05) is 6.07 Å². The Bertz CT molecular complexity index is 1410. The Morgan fingerprint density at radius 2 is 1.91 bits per heavy atom. The first-order valence-corrected chi connectivity index (χ1v) is 10.8. The molecule has 0 saturated carbocycles. The first kappa shape index (κ1) is 21.9. The molecule has 1 amide bonds. The predicted octanol–water partition coefficient (Wildman–Crippen LogP) is 3.18. The SMILES string of the molecule is Cc1nc2cnc(-c3cnc(C(C)(C)O)nc3)cn2c1CN1C(=O)[C@H](C)Oc2c(F)cccc21. The average molecular weight is 462 g/mol. The minimum absolute atomic E-state index is 0.0625. The zero-order valence-electron chi connectivity index (χ0n) is 19.2. The van der Waals surface area contributed by atoms with Crippen molar-refractivity contribution in [3.05, 3.63) is 66.0 Å². The van der Waals surface area contributed by atoms with E-state index in [1.807, 2.05) is 11.3 Å². The van der Waals surface area contributed by atoms with Crippen molar-refractivity contribution in [2.24, 2.45) is 0 Å². The maximum atomic E-state index is 14.4. The molecule has 34 heavy (non-hydrogen) atoms. The van der Waals surface area contributed by atoms with Crippen molar-refractivity contribution >= 4 is 17.2 Å². The molecular formula is C24H23FN6O3. The lowest BCUT2D eigenvalue weighted by atomic mass is 10.1. The Kier molecular flexibility index (Phi) is 5.05. The summed E-state index contributed by atoms with van der Waals surface area (Å²) in [5.74, 6) is -0.412. The number of hydrogen-bond acceptors (Lipinski definition) is 7. The first-order valence-electron chi connectivity index (χ1n) is 10.8. The minimum atomic E-state index is -1.15. The van der Waals surface area contributed by atoms with Gasteiger partial charge in [0.1, 0.15) is 5.60 Å². The molecular weight excluding hydrogens is 439 g/mol. The van der Waals surface area contributed by atoms with Gasteiger partial charge in [0.2, 0.25) is 0 Å². The van der Waals surface area contributed by atoms with Gasteiger partial charge in [-0.05, 0) is 39.8 Å². The van der Waals surface area contributed by atoms with Crippen LogP contribution in [0.2, 0.25) is 0 Å². The maximum Gasteiger partial charge on any atom is 0.268 e. The number of nitrogens with zero attached hydrogens (tertiary/aromatic N) is 6. The van der Waals surface area contributed by atoms with Gasteiger partial charge >= 0.3 is 0 Å². The van der Waals surface area contributed by atoms with Crippen molar-refractivity contribution in [3.63, 3.8) is 0 Å². The molecule has 4 heterocycles. The number of carbonyl (C=O) groups is 1. The number of imidazole rings is 1. The molecule has 1 atom stereocenters. The lowest BCUT2D eigenvalue weighted by molar-refractivity contribution is -0.125. The number of ether oxygens (including phenoxy) is 1. The van der Waals surface area contributed by atoms with E-state index < -0.39 is 17.5 Å². The van der Waals surface area contributed by atoms with Gasteiger partial charge in [-0.15, -0.1) is 0 Å². The maximum absolute atomic E-state index is 14.4. The summed E-state index contributed by atoms with van der Waals surface area (Å²) in [6.07, 6.45) is 5.82. The number of rotatable bonds is 4. The van der Waals surface area contributed by atoms with Crippen molar-refractivity contribution in [1.29, 1.82) is 0 Å². The highest BCUT2D eigenvalue weighted by molar-refractivity contribution is 5.99. The van der Waals surface area contributed by atoms with Crippen LogP contribution in [0.4, 0.5) is 10.1 Å². The van der Waals surface area contributed by atoms with Crippen LogP contribution in [0.3, 0.4) is 0 Å². The van der Waals surface area contributed by atoms with Crippen molar-refractivity contribution < 1.29 is 19.0 Å². The number of aryl methyl sites for hydroxylation is 1. The van der Waals surface area contributed by atoms with Crippen LogP contribution in [0.1, 0.15) is 38.0 Å². The largest absolute Gasteiger partial charge is 0.476 e. The molecule has 0 fully saturated rings. The number of anilines is 1. The highest BCUT2D eigenvalue weighted by Crippen LogP contribution is 2.37. The van der Waals surface area contributed by atoms with Crippen LogP contribution < -0.4 is 9.64 Å². The molecule has 1 aromatic carbocycles. The first-order chi connectivity index (χ1) is 16.1. The van der Waals surface area contributed by atoms with Crippen LogP contribution in [-0.4, -0.2) is 41.5 Å². The molecule has 5 rings (SSSR count). The van der Waals surface area contributed by atoms with Crippen LogP contribution in [-0.2, 0) is 16.9 Å². The number of carbonyl (C=O) groups excluding carboxylic acids is 1. The molecule has 174 valence electrons. The van der Waals surface area contributed by atoms with Gasteiger partial charge in [0.05, 0.1) is 35.5 Å². The van der Waals surface area contributed by atoms with Crippen LogP contribution in [0, 0.1) is 12.7 Å². The number of aromatic nitrogens is 5. The predicted molar refractivity (Wildman–Crippen MR) is 122 cm³/mol. The summed E-state index contributed by atoms with van der Waals surface area (Å²) in [6.45, 7) is 6.86. The van der Waals surface area contributed by atoms with Crippen LogP contribution in [0.25, 0.3) is 16.9 Å². The number of halogens is 1. The van der Waals surface area contributed by atoms with Gasteiger partial charge in [-0.2, -0.15) is 0 Å². The van der Waals surface area contributed by atoms with Crippen LogP contribution >= 0.6 is 0 Å². The fraction of sp³-hybridized carbons (Fsp3) is 0.292. The zero-order valence-corrected chi connectivity index (χ0v) is 19.2. The third-order valence-electron chi connectivity index (χ3n) is 5.76. The third kappa shape index (κ3) is 3.65. The number of hydrogen-bond donors (Lipinski definition) is 1. The smallest absolute Gasteiger partial charge is 0.268 e. The normalized spacial score (nSPS) is 16.0. The molecule has 1 aliphatic rings. The molecule has 0 spiro atoms. The average Bonchev–Trinajstić information content (AvgIpc) is 3.11. The van der Waals surface area contributed by atoms with E-state index in [0.717, 1.165) is 11.4 Å². The second-order valence-electron chi connectivity index (χ2n) is 8.77. The zero-order chi connectivity index (χ0) is 24.2. The van der Waals surface area contributed by atoms with Crippen molar-refractivity contribution in [1.82, 2.24) is 24.3 Å². The highest BCUT2D eigenvalue weighted by atomic mass is 19.1. The quantitative estimate of drug-likeness (QED) is 0.497. The van der Waals surface area contributed by atoms with Gasteiger partial charge in [0.15, 0.2) is 29.1 Å². The number of benzene rings is 1. The lowest BCUT2D eigenvalue weighted by Gasteiger charge is -2.33. The molecule has 0 aliphatic carbocycles. The Hall–Kier alpha value is -3.92. The molecule has 4 aromatic rings. The summed E-state index contributed by atoms with van der Waals surface area (Å²) in [5, 5.41) is 10.1. The summed E-state index contributed by atoms with van der Waals surface area (Å²) >= 11 is 0. The molecule has 0 bridgehead atoms. The van der Waals surface area contributed by atoms with Crippen LogP contribution in [0.15, 0.2) is 43.0 Å². The Labute approximate surface area is 194 Å². The summed E-state index contributed by atoms with van der Waals surface area (Å²) in [5.41, 5.74) is 2.57. The summed E-state index contributed by atoms with van der Waals surface area (Å²) in [6, 6.07) is 4.52. The van der Waals surface area contributed by atoms with E-state index in [2.05, 4.69) is 19.9 Å². The molecule has 1 aliphatic heterocycles. The van der Waals surface area contributed by atoms with Crippen molar-refractivity contribution in [2.45, 2.75) is 45.9 Å². The van der Waals surface area contributed by atoms with Gasteiger partial charge in [-0.3, -0.25) is 19.1 Å². The van der Waals surface area contributed by atoms with E-state index in [1.165, 1.54) is 11.0 Å². The molecule has 0 saturated heterocycles. The monoisotopic (exact) mass is 462 g/mol. The van der Waals surface area contributed by atoms with Crippen molar-refractivity contribution in [2.75, 3.05) is 4.90 Å². The van der Waals surface area contributed by atoms with Crippen molar-refractivity contribution in [3.8, 4) is 17.0 Å². The van der Waals surface area contributed by atoms with E-state index in [-0.39, 0.29) is 18.2 Å². The summed E-state index contributed by atoms with van der Waals surface area (Å²) in [7, 11) is 0. The molecule has 0 unspecified atom stereocenters. The second-order valence-corrected chi connectivity index (χ2v) is 8.77. The summed E-state index contributed by atoms with van der Waals surface area (Å²) in [4.78, 5) is 32.0. The number of aliphatic hydroxyl groups is 1. The minimum Gasteiger partial charge on any atom is -0.476 e. The standard InChI is InChI=1S/C24H23FN6O3/c1-13-19(12-31-18-7-5-6-16(25)21(18)34-14(2)22(31)32)30-11-17(26-10-20(30)29-13)15-8-27-23(28-9-15)24(3,4)33/h5-11,14,33H,12H2,1-4H3/t14-/m0/s1. The molecule has 10 heteroatoms. The molecule has 0 radical (unpaired) electrons. The highest BCUT2D eigenvalue weighted by Gasteiger charge is 2.34. The van der Waals surface area contributed by atoms with Gasteiger partial charge in [0.25, 0.3) is 5.91 Å². The van der Waals surface area contributed by atoms with E-state index in [0.29, 0.717) is 28.4 Å². The fourth-order valence-corrected chi connectivity index (χ4v) is 3.94. The van der Waals surface area contributed by atoms with E-state index in [4.69, 9.17) is 4.74 Å². The van der Waals surface area contributed by atoms with Gasteiger partial charge in [-0.25, -0.2) is 19.3 Å². The Morgan fingerprint density at radius 1 is 1.18 bits per heavy atom. The van der Waals surface area contributed by atoms with E-state index in [1.54, 1.807) is 57.7 Å². The van der Waals surface area contributed by atoms with Crippen LogP contribution in [0.5, 0.6) is 5.75 Å². The molecule has 1 N–H and O–H groups in total. The number of para-hydroxylation sites is 1. The fourth-order valence-electron chi connectivity index (χ4n) is 3.94. The third-order valence-corrected chi connectivity index (χ3v) is 5.76. The van der Waals surface area contributed by atoms with Gasteiger partial charge < -0.3 is 9.84 Å². The van der Waals surface area contributed by atoms with Gasteiger partial charge in [0, 0.05) is 24.2 Å². The van der Waals surface area contributed by atoms with E-state index in [9.17, 15) is 14.3 Å².